The quantitative estimate of drug-likeness (QED) is 0.464. The van der Waals surface area contributed by atoms with E-state index in [-0.39, 0.29) is 22.3 Å². The standard InChI is InChI=1S/C24H22Cl2N2O5S/c1-32-23-10-8-17(25)13-20(23)27-24(29)15-33-22-11-9-18(14-19(22)26)34(30,31)28-12-4-6-16-5-2-3-7-21(16)28/h2-3,5,7-11,13-14H,4,6,12,15H2,1H3,(H,27,29). The first-order valence-electron chi connectivity index (χ1n) is 10.5. The third-order valence-electron chi connectivity index (χ3n) is 5.35. The third-order valence-corrected chi connectivity index (χ3v) is 7.69. The number of fused-ring (bicyclic) bond motifs is 1. The molecule has 3 aromatic rings. The lowest BCUT2D eigenvalue weighted by atomic mass is 10.0. The van der Waals surface area contributed by atoms with Gasteiger partial charge in [0, 0.05) is 11.6 Å². The molecule has 0 spiro atoms. The number of nitrogens with one attached hydrogen (secondary N) is 1. The van der Waals surface area contributed by atoms with E-state index in [9.17, 15) is 13.2 Å². The van der Waals surface area contributed by atoms with E-state index in [1.165, 1.54) is 29.6 Å². The van der Waals surface area contributed by atoms with Gasteiger partial charge in [0.1, 0.15) is 11.5 Å². The molecule has 1 aliphatic heterocycles. The molecule has 0 saturated carbocycles. The van der Waals surface area contributed by atoms with Crippen molar-refractivity contribution in [1.82, 2.24) is 0 Å². The molecule has 34 heavy (non-hydrogen) atoms. The number of carbonyl (C=O) groups is 1. The topological polar surface area (TPSA) is 84.9 Å². The molecule has 0 aromatic heterocycles. The molecule has 1 amide bonds. The van der Waals surface area contributed by atoms with Crippen molar-refractivity contribution in [2.24, 2.45) is 0 Å². The van der Waals surface area contributed by atoms with E-state index in [0.717, 1.165) is 18.4 Å². The van der Waals surface area contributed by atoms with Crippen LogP contribution in [-0.2, 0) is 21.2 Å². The fourth-order valence-electron chi connectivity index (χ4n) is 3.74. The number of benzene rings is 3. The summed E-state index contributed by atoms with van der Waals surface area (Å²) < 4.78 is 38.7. The Bertz CT molecular complexity index is 1330. The summed E-state index contributed by atoms with van der Waals surface area (Å²) in [4.78, 5) is 12.4. The SMILES string of the molecule is COc1ccc(Cl)cc1NC(=O)COc1ccc(S(=O)(=O)N2CCCc3ccccc32)cc1Cl. The molecule has 4 rings (SSSR count). The average molecular weight is 521 g/mol. The van der Waals surface area contributed by atoms with Gasteiger partial charge in [-0.05, 0) is 60.9 Å². The molecule has 0 fully saturated rings. The first-order valence-corrected chi connectivity index (χ1v) is 12.7. The molecule has 0 aliphatic carbocycles. The van der Waals surface area contributed by atoms with Gasteiger partial charge in [-0.1, -0.05) is 41.4 Å². The van der Waals surface area contributed by atoms with Gasteiger partial charge in [-0.15, -0.1) is 0 Å². The summed E-state index contributed by atoms with van der Waals surface area (Å²) in [6.45, 7) is 0.0450. The molecule has 3 aromatic carbocycles. The Balaban J connectivity index is 1.47. The van der Waals surface area contributed by atoms with Gasteiger partial charge in [-0.2, -0.15) is 0 Å². The van der Waals surface area contributed by atoms with Crippen LogP contribution in [0.15, 0.2) is 65.6 Å². The predicted molar refractivity (Wildman–Crippen MR) is 133 cm³/mol. The Morgan fingerprint density at radius 3 is 2.59 bits per heavy atom. The molecule has 1 N–H and O–H groups in total. The van der Waals surface area contributed by atoms with Crippen LogP contribution in [0, 0.1) is 0 Å². The number of amides is 1. The maximum atomic E-state index is 13.3. The van der Waals surface area contributed by atoms with Crippen LogP contribution in [0.5, 0.6) is 11.5 Å². The van der Waals surface area contributed by atoms with Crippen molar-refractivity contribution in [3.05, 3.63) is 76.3 Å². The summed E-state index contributed by atoms with van der Waals surface area (Å²) in [6.07, 6.45) is 1.57. The van der Waals surface area contributed by atoms with Crippen molar-refractivity contribution >= 4 is 50.5 Å². The van der Waals surface area contributed by atoms with Crippen LogP contribution in [0.25, 0.3) is 0 Å². The Labute approximate surface area is 208 Å². The second-order valence-electron chi connectivity index (χ2n) is 7.58. The van der Waals surface area contributed by atoms with Crippen LogP contribution in [0.2, 0.25) is 10.0 Å². The van der Waals surface area contributed by atoms with Crippen molar-refractivity contribution in [2.45, 2.75) is 17.7 Å². The molecule has 0 saturated heterocycles. The molecule has 1 heterocycles. The Hall–Kier alpha value is -2.94. The fraction of sp³-hybridized carbons (Fsp3) is 0.208. The number of methoxy groups -OCH3 is 1. The largest absolute Gasteiger partial charge is 0.495 e. The second-order valence-corrected chi connectivity index (χ2v) is 10.3. The molecule has 0 atom stereocenters. The lowest BCUT2D eigenvalue weighted by Gasteiger charge is -2.30. The van der Waals surface area contributed by atoms with E-state index in [2.05, 4.69) is 5.32 Å². The molecule has 10 heteroatoms. The van der Waals surface area contributed by atoms with Crippen molar-refractivity contribution in [2.75, 3.05) is 29.9 Å². The molecule has 0 unspecified atom stereocenters. The minimum Gasteiger partial charge on any atom is -0.495 e. The number of ether oxygens (including phenoxy) is 2. The van der Waals surface area contributed by atoms with E-state index in [4.69, 9.17) is 32.7 Å². The van der Waals surface area contributed by atoms with Crippen molar-refractivity contribution in [3.63, 3.8) is 0 Å². The lowest BCUT2D eigenvalue weighted by Crippen LogP contribution is -2.35. The highest BCUT2D eigenvalue weighted by Crippen LogP contribution is 2.34. The number of sulfonamides is 1. The number of hydrogen-bond donors (Lipinski definition) is 1. The third kappa shape index (κ3) is 5.09. The summed E-state index contributed by atoms with van der Waals surface area (Å²) in [7, 11) is -2.33. The smallest absolute Gasteiger partial charge is 0.264 e. The van der Waals surface area contributed by atoms with Crippen LogP contribution in [-0.4, -0.2) is 34.6 Å². The number of anilines is 2. The van der Waals surface area contributed by atoms with Gasteiger partial charge in [0.15, 0.2) is 6.61 Å². The summed E-state index contributed by atoms with van der Waals surface area (Å²) >= 11 is 12.3. The maximum Gasteiger partial charge on any atom is 0.264 e. The van der Waals surface area contributed by atoms with Crippen molar-refractivity contribution in [1.29, 1.82) is 0 Å². The monoisotopic (exact) mass is 520 g/mol. The summed E-state index contributed by atoms with van der Waals surface area (Å²) in [5, 5.41) is 3.18. The molecule has 0 bridgehead atoms. The normalized spacial score (nSPS) is 13.2. The van der Waals surface area contributed by atoms with Crippen LogP contribution in [0.4, 0.5) is 11.4 Å². The highest BCUT2D eigenvalue weighted by molar-refractivity contribution is 7.92. The highest BCUT2D eigenvalue weighted by atomic mass is 35.5. The van der Waals surface area contributed by atoms with Crippen LogP contribution < -0.4 is 19.1 Å². The van der Waals surface area contributed by atoms with E-state index < -0.39 is 15.9 Å². The lowest BCUT2D eigenvalue weighted by molar-refractivity contribution is -0.118. The number of rotatable bonds is 7. The Morgan fingerprint density at radius 1 is 1.06 bits per heavy atom. The second kappa shape index (κ2) is 10.1. The van der Waals surface area contributed by atoms with E-state index in [1.807, 2.05) is 18.2 Å². The van der Waals surface area contributed by atoms with Gasteiger partial charge >= 0.3 is 0 Å². The number of hydrogen-bond acceptors (Lipinski definition) is 5. The molecule has 7 nitrogen and oxygen atoms in total. The van der Waals surface area contributed by atoms with Crippen LogP contribution in [0.3, 0.4) is 0 Å². The predicted octanol–water partition coefficient (Wildman–Crippen LogP) is 5.16. The molecular formula is C24H22Cl2N2O5S. The first-order chi connectivity index (χ1) is 16.3. The van der Waals surface area contributed by atoms with E-state index in [1.54, 1.807) is 24.3 Å². The summed E-state index contributed by atoms with van der Waals surface area (Å²) in [5.74, 6) is 0.177. The van der Waals surface area contributed by atoms with Gasteiger partial charge in [0.25, 0.3) is 15.9 Å². The minimum atomic E-state index is -3.81. The summed E-state index contributed by atoms with van der Waals surface area (Å²) in [6, 6.07) is 16.5. The van der Waals surface area contributed by atoms with Crippen LogP contribution in [0.1, 0.15) is 12.0 Å². The minimum absolute atomic E-state index is 0.0506. The van der Waals surface area contributed by atoms with E-state index in [0.29, 0.717) is 28.7 Å². The molecule has 1 aliphatic rings. The molecular weight excluding hydrogens is 499 g/mol. The highest BCUT2D eigenvalue weighted by Gasteiger charge is 2.29. The number of aryl methyl sites for hydroxylation is 1. The zero-order valence-corrected chi connectivity index (χ0v) is 20.6. The van der Waals surface area contributed by atoms with E-state index >= 15 is 0 Å². The summed E-state index contributed by atoms with van der Waals surface area (Å²) in [5.41, 5.74) is 2.07. The van der Waals surface area contributed by atoms with Gasteiger partial charge in [-0.25, -0.2) is 8.42 Å². The maximum absolute atomic E-state index is 13.3. The number of carbonyl (C=O) groups excluding carboxylic acids is 1. The zero-order valence-electron chi connectivity index (χ0n) is 18.3. The van der Waals surface area contributed by atoms with Gasteiger partial charge in [-0.3, -0.25) is 9.10 Å². The first kappa shape index (κ1) is 24.2. The van der Waals surface area contributed by atoms with Crippen LogP contribution >= 0.6 is 23.2 Å². The Morgan fingerprint density at radius 2 is 1.82 bits per heavy atom. The number of nitrogens with zero attached hydrogens (tertiary/aromatic N) is 1. The van der Waals surface area contributed by atoms with Gasteiger partial charge < -0.3 is 14.8 Å². The van der Waals surface area contributed by atoms with Crippen molar-refractivity contribution < 1.29 is 22.7 Å². The van der Waals surface area contributed by atoms with Gasteiger partial charge in [0.2, 0.25) is 0 Å². The average Bonchev–Trinajstić information content (AvgIpc) is 2.83. The number of para-hydroxylation sites is 1. The zero-order chi connectivity index (χ0) is 24.3. The van der Waals surface area contributed by atoms with Crippen molar-refractivity contribution in [3.8, 4) is 11.5 Å². The molecule has 178 valence electrons. The molecule has 0 radical (unpaired) electrons. The Kier molecular flexibility index (Phi) is 7.21. The van der Waals surface area contributed by atoms with Gasteiger partial charge in [0.05, 0.1) is 28.4 Å². The number of halogens is 2. The fourth-order valence-corrected chi connectivity index (χ4v) is 5.78.